The molecule has 214 valence electrons. The van der Waals surface area contributed by atoms with E-state index in [2.05, 4.69) is 34.3 Å². The smallest absolute Gasteiger partial charge is 0.315 e. The first-order valence-electron chi connectivity index (χ1n) is 13.4. The maximum absolute atomic E-state index is 13.9. The van der Waals surface area contributed by atoms with Gasteiger partial charge in [0.05, 0.1) is 12.1 Å². The summed E-state index contributed by atoms with van der Waals surface area (Å²) in [6.45, 7) is 4.54. The first-order valence-corrected chi connectivity index (χ1v) is 13.4. The van der Waals surface area contributed by atoms with Crippen LogP contribution in [-0.4, -0.2) is 54.6 Å². The number of carbonyl (C=O) groups excluding carboxylic acids is 3. The Labute approximate surface area is 229 Å². The quantitative estimate of drug-likeness (QED) is 0.222. The molecule has 8 nitrogen and oxygen atoms in total. The van der Waals surface area contributed by atoms with E-state index in [0.29, 0.717) is 13.0 Å². The minimum Gasteiger partial charge on any atom is -0.390 e. The molecule has 0 aliphatic carbocycles. The van der Waals surface area contributed by atoms with Crippen LogP contribution >= 0.6 is 0 Å². The number of hydrogen-bond acceptors (Lipinski definition) is 5. The number of Topliss-reactive ketones (excluding diaryl/α,β-unsaturated/α-hetero) is 1. The van der Waals surface area contributed by atoms with Crippen molar-refractivity contribution in [3.05, 3.63) is 70.8 Å². The molecule has 2 aromatic carbocycles. The number of amides is 3. The summed E-state index contributed by atoms with van der Waals surface area (Å²) >= 11 is 0. The normalized spacial score (nSPS) is 13.3. The molecule has 0 aromatic heterocycles. The zero-order valence-electron chi connectivity index (χ0n) is 22.9. The Bertz CT molecular complexity index is 1080. The summed E-state index contributed by atoms with van der Waals surface area (Å²) in [5, 5.41) is 21.7. The second-order valence-corrected chi connectivity index (χ2v) is 9.59. The van der Waals surface area contributed by atoms with Crippen LogP contribution in [0.5, 0.6) is 0 Å². The second-order valence-electron chi connectivity index (χ2n) is 9.59. The van der Waals surface area contributed by atoms with Crippen LogP contribution in [0.15, 0.2) is 42.5 Å². The Morgan fingerprint density at radius 2 is 1.64 bits per heavy atom. The lowest BCUT2D eigenvalue weighted by Gasteiger charge is -2.27. The van der Waals surface area contributed by atoms with Gasteiger partial charge in [-0.3, -0.25) is 9.59 Å². The van der Waals surface area contributed by atoms with E-state index < -0.39 is 41.8 Å². The standard InChI is InChI=1S/C29H40F2N4O4/c1-4-6-10-24(36)16-26(35-29(39)32-3)28(38)34-25(14-21-12-22(30)15-23(31)13-21)27(37)18-33-17-20-9-7-8-19(5-2)11-20/h7-9,11-13,15,25-27,33,37H,4-6,10,14,16-18H2,1-3H3,(H,34,38)(H2,32,35,39)/t25-,26+,27+/m0/s1. The van der Waals surface area contributed by atoms with Crippen LogP contribution in [0.2, 0.25) is 0 Å². The Hall–Kier alpha value is -3.37. The van der Waals surface area contributed by atoms with Crippen LogP contribution in [0.4, 0.5) is 13.6 Å². The number of rotatable bonds is 16. The van der Waals surface area contributed by atoms with Gasteiger partial charge < -0.3 is 26.4 Å². The van der Waals surface area contributed by atoms with E-state index in [1.54, 1.807) is 0 Å². The molecule has 10 heteroatoms. The third kappa shape index (κ3) is 11.5. The van der Waals surface area contributed by atoms with Crippen molar-refractivity contribution < 1.29 is 28.3 Å². The van der Waals surface area contributed by atoms with Crippen molar-refractivity contribution in [3.63, 3.8) is 0 Å². The molecule has 0 bridgehead atoms. The molecular formula is C29H40F2N4O4. The molecule has 0 heterocycles. The largest absolute Gasteiger partial charge is 0.390 e. The molecule has 0 saturated heterocycles. The molecule has 3 atom stereocenters. The summed E-state index contributed by atoms with van der Waals surface area (Å²) in [7, 11) is 1.39. The number of aryl methyl sites for hydroxylation is 1. The fourth-order valence-electron chi connectivity index (χ4n) is 4.16. The Morgan fingerprint density at radius 1 is 0.949 bits per heavy atom. The van der Waals surface area contributed by atoms with Gasteiger partial charge in [0.1, 0.15) is 23.5 Å². The Balaban J connectivity index is 2.18. The SMILES string of the molecule is CCCCC(=O)C[C@@H](NC(=O)NC)C(=O)N[C@@H](Cc1cc(F)cc(F)c1)[C@H](O)CNCc1cccc(CC)c1. The van der Waals surface area contributed by atoms with E-state index in [1.165, 1.54) is 12.6 Å². The van der Waals surface area contributed by atoms with Gasteiger partial charge in [0.15, 0.2) is 0 Å². The van der Waals surface area contributed by atoms with Crippen LogP contribution < -0.4 is 21.3 Å². The molecule has 0 aliphatic rings. The van der Waals surface area contributed by atoms with E-state index in [4.69, 9.17) is 0 Å². The summed E-state index contributed by atoms with van der Waals surface area (Å²) in [5.74, 6) is -2.42. The molecule has 2 rings (SSSR count). The lowest BCUT2D eigenvalue weighted by atomic mass is 9.99. The van der Waals surface area contributed by atoms with E-state index in [9.17, 15) is 28.3 Å². The number of hydrogen-bond donors (Lipinski definition) is 5. The number of aliphatic hydroxyl groups is 1. The van der Waals surface area contributed by atoms with Crippen molar-refractivity contribution in [1.82, 2.24) is 21.3 Å². The van der Waals surface area contributed by atoms with Crippen molar-refractivity contribution in [2.24, 2.45) is 0 Å². The lowest BCUT2D eigenvalue weighted by molar-refractivity contribution is -0.128. The zero-order chi connectivity index (χ0) is 28.8. The van der Waals surface area contributed by atoms with Crippen LogP contribution in [0, 0.1) is 11.6 Å². The Morgan fingerprint density at radius 3 is 2.28 bits per heavy atom. The highest BCUT2D eigenvalue weighted by Gasteiger charge is 2.28. The molecule has 3 amide bonds. The molecule has 39 heavy (non-hydrogen) atoms. The van der Waals surface area contributed by atoms with Crippen LogP contribution in [0.3, 0.4) is 0 Å². The summed E-state index contributed by atoms with van der Waals surface area (Å²) in [6.07, 6.45) is 1.18. The van der Waals surface area contributed by atoms with Gasteiger partial charge in [-0.15, -0.1) is 0 Å². The number of carbonyl (C=O) groups is 3. The van der Waals surface area contributed by atoms with Crippen molar-refractivity contribution in [2.45, 2.75) is 77.1 Å². The second kappa shape index (κ2) is 16.6. The number of nitrogens with one attached hydrogen (secondary N) is 4. The van der Waals surface area contributed by atoms with E-state index in [-0.39, 0.29) is 37.2 Å². The van der Waals surface area contributed by atoms with Gasteiger partial charge in [-0.25, -0.2) is 13.6 Å². The predicted molar refractivity (Wildman–Crippen MR) is 146 cm³/mol. The van der Waals surface area contributed by atoms with Gasteiger partial charge in [-0.05, 0) is 48.1 Å². The fraction of sp³-hybridized carbons (Fsp3) is 0.483. The summed E-state index contributed by atoms with van der Waals surface area (Å²) in [6, 6.07) is 8.21. The highest BCUT2D eigenvalue weighted by atomic mass is 19.1. The van der Waals surface area contributed by atoms with Gasteiger partial charge in [-0.1, -0.05) is 44.5 Å². The molecule has 0 fully saturated rings. The lowest BCUT2D eigenvalue weighted by Crippen LogP contribution is -2.56. The topological polar surface area (TPSA) is 120 Å². The number of unbranched alkanes of at least 4 members (excludes halogenated alkanes) is 1. The predicted octanol–water partition coefficient (Wildman–Crippen LogP) is 3.15. The summed E-state index contributed by atoms with van der Waals surface area (Å²) in [4.78, 5) is 37.6. The summed E-state index contributed by atoms with van der Waals surface area (Å²) < 4.78 is 27.7. The van der Waals surface area contributed by atoms with Gasteiger partial charge in [-0.2, -0.15) is 0 Å². The average Bonchev–Trinajstić information content (AvgIpc) is 2.90. The fourth-order valence-corrected chi connectivity index (χ4v) is 4.16. The highest BCUT2D eigenvalue weighted by Crippen LogP contribution is 2.13. The van der Waals surface area contributed by atoms with Gasteiger partial charge in [0, 0.05) is 39.0 Å². The third-order valence-electron chi connectivity index (χ3n) is 6.34. The zero-order valence-corrected chi connectivity index (χ0v) is 22.9. The molecule has 0 saturated carbocycles. The number of urea groups is 1. The Kier molecular flexibility index (Phi) is 13.5. The number of halogens is 2. The van der Waals surface area contributed by atoms with Crippen LogP contribution in [-0.2, 0) is 29.0 Å². The minimum atomic E-state index is -1.18. The van der Waals surface area contributed by atoms with E-state index in [1.807, 2.05) is 25.1 Å². The van der Waals surface area contributed by atoms with Gasteiger partial charge >= 0.3 is 6.03 Å². The molecule has 0 aliphatic heterocycles. The van der Waals surface area contributed by atoms with Crippen molar-refractivity contribution in [3.8, 4) is 0 Å². The van der Waals surface area contributed by atoms with Gasteiger partial charge in [0.2, 0.25) is 5.91 Å². The van der Waals surface area contributed by atoms with Crippen molar-refractivity contribution in [1.29, 1.82) is 0 Å². The van der Waals surface area contributed by atoms with Crippen LogP contribution in [0.25, 0.3) is 0 Å². The van der Waals surface area contributed by atoms with E-state index in [0.717, 1.165) is 36.6 Å². The van der Waals surface area contributed by atoms with Gasteiger partial charge in [0.25, 0.3) is 0 Å². The first-order chi connectivity index (χ1) is 18.6. The molecule has 5 N–H and O–H groups in total. The highest BCUT2D eigenvalue weighted by molar-refractivity contribution is 5.92. The third-order valence-corrected chi connectivity index (χ3v) is 6.34. The maximum atomic E-state index is 13.9. The van der Waals surface area contributed by atoms with Crippen LogP contribution in [0.1, 0.15) is 56.2 Å². The summed E-state index contributed by atoms with van der Waals surface area (Å²) in [5.41, 5.74) is 2.44. The average molecular weight is 547 g/mol. The molecular weight excluding hydrogens is 506 g/mol. The molecule has 0 spiro atoms. The van der Waals surface area contributed by atoms with Crippen molar-refractivity contribution in [2.75, 3.05) is 13.6 Å². The van der Waals surface area contributed by atoms with Crippen molar-refractivity contribution >= 4 is 17.7 Å². The minimum absolute atomic E-state index is 0.0715. The molecule has 2 aromatic rings. The number of ketones is 1. The first kappa shape index (κ1) is 31.8. The van der Waals surface area contributed by atoms with E-state index >= 15 is 0 Å². The molecule has 0 radical (unpaired) electrons. The molecule has 0 unspecified atom stereocenters. The maximum Gasteiger partial charge on any atom is 0.315 e. The monoisotopic (exact) mass is 546 g/mol. The number of benzene rings is 2. The number of aliphatic hydroxyl groups excluding tert-OH is 1.